The average Bonchev–Trinajstić information content (AvgIpc) is 3.12. The molecule has 1 aromatic carbocycles. The van der Waals surface area contributed by atoms with Gasteiger partial charge in [0.15, 0.2) is 0 Å². The molecule has 1 fully saturated rings. The Morgan fingerprint density at radius 2 is 1.93 bits per heavy atom. The van der Waals surface area contributed by atoms with Gasteiger partial charge in [0, 0.05) is 34.3 Å². The molecule has 3 aromatic heterocycles. The molecule has 1 atom stereocenters. The Bertz CT molecular complexity index is 1190. The molecule has 5 rings (SSSR count). The Labute approximate surface area is 172 Å². The lowest BCUT2D eigenvalue weighted by molar-refractivity contribution is 0.316. The third kappa shape index (κ3) is 3.12. The van der Waals surface area contributed by atoms with E-state index in [1.54, 1.807) is 11.3 Å². The maximum Gasteiger partial charge on any atom is 0.124 e. The summed E-state index contributed by atoms with van der Waals surface area (Å²) in [6, 6.07) is 14.9. The van der Waals surface area contributed by atoms with E-state index in [-0.39, 0.29) is 0 Å². The van der Waals surface area contributed by atoms with Crippen molar-refractivity contribution < 1.29 is 1.37 Å². The zero-order valence-corrected chi connectivity index (χ0v) is 17.4. The van der Waals surface area contributed by atoms with Gasteiger partial charge in [-0.05, 0) is 61.4 Å². The first-order valence-electron chi connectivity index (χ1n) is 10.8. The van der Waals surface area contributed by atoms with Gasteiger partial charge in [0.2, 0.25) is 0 Å². The second-order valence-electron chi connectivity index (χ2n) is 8.04. The van der Waals surface area contributed by atoms with E-state index >= 15 is 0 Å². The molecule has 0 radical (unpaired) electrons. The molecule has 4 aromatic rings. The largest absolute Gasteiger partial charge is 0.256 e. The number of hydrogen-bond donors (Lipinski definition) is 0. The fourth-order valence-electron chi connectivity index (χ4n) is 4.57. The third-order valence-electron chi connectivity index (χ3n) is 6.21. The smallest absolute Gasteiger partial charge is 0.124 e. The van der Waals surface area contributed by atoms with E-state index in [2.05, 4.69) is 43.3 Å². The lowest BCUT2D eigenvalue weighted by Gasteiger charge is -2.28. The summed E-state index contributed by atoms with van der Waals surface area (Å²) in [6.07, 6.45) is 8.03. The van der Waals surface area contributed by atoms with Crippen LogP contribution in [0.4, 0.5) is 0 Å². The molecule has 1 aliphatic rings. The van der Waals surface area contributed by atoms with E-state index < -0.39 is 5.89 Å². The van der Waals surface area contributed by atoms with Crippen LogP contribution in [0.1, 0.15) is 57.5 Å². The molecular formula is C25H26N2S. The van der Waals surface area contributed by atoms with Crippen molar-refractivity contribution in [2.45, 2.75) is 51.8 Å². The molecule has 0 N–H and O–H groups in total. The molecule has 1 unspecified atom stereocenters. The fourth-order valence-corrected chi connectivity index (χ4v) is 5.81. The predicted octanol–water partition coefficient (Wildman–Crippen LogP) is 7.50. The highest BCUT2D eigenvalue weighted by atomic mass is 32.1. The summed E-state index contributed by atoms with van der Waals surface area (Å²) in [4.78, 5) is 10.5. The van der Waals surface area contributed by atoms with Crippen molar-refractivity contribution in [2.24, 2.45) is 5.92 Å². The van der Waals surface area contributed by atoms with Crippen molar-refractivity contribution in [2.75, 3.05) is 0 Å². The minimum absolute atomic E-state index is 0.429. The van der Waals surface area contributed by atoms with Crippen LogP contribution in [0.5, 0.6) is 0 Å². The average molecular weight is 388 g/mol. The van der Waals surface area contributed by atoms with Gasteiger partial charge >= 0.3 is 0 Å². The SMILES string of the molecule is [2H]C(C)(c1ccnc(-c2cccc3c2sc2nc(C)ccc23)c1)C1CCCCC1. The predicted molar refractivity (Wildman–Crippen MR) is 120 cm³/mol. The highest BCUT2D eigenvalue weighted by Crippen LogP contribution is 2.40. The van der Waals surface area contributed by atoms with E-state index in [1.165, 1.54) is 34.7 Å². The second kappa shape index (κ2) is 7.29. The normalized spacial score (nSPS) is 18.3. The van der Waals surface area contributed by atoms with Gasteiger partial charge in [0.25, 0.3) is 0 Å². The summed E-state index contributed by atoms with van der Waals surface area (Å²) in [5, 5.41) is 2.45. The zero-order chi connectivity index (χ0) is 20.0. The highest BCUT2D eigenvalue weighted by molar-refractivity contribution is 7.26. The molecule has 0 aliphatic heterocycles. The third-order valence-corrected chi connectivity index (χ3v) is 7.36. The molecule has 0 spiro atoms. The molecular weight excluding hydrogens is 360 g/mol. The van der Waals surface area contributed by atoms with Crippen molar-refractivity contribution in [1.82, 2.24) is 9.97 Å². The van der Waals surface area contributed by atoms with Gasteiger partial charge in [-0.1, -0.05) is 44.4 Å². The molecule has 0 saturated heterocycles. The van der Waals surface area contributed by atoms with Gasteiger partial charge in [0.05, 0.1) is 5.69 Å². The Kier molecular flexibility index (Phi) is 4.34. The van der Waals surface area contributed by atoms with E-state index in [0.29, 0.717) is 5.92 Å². The van der Waals surface area contributed by atoms with Crippen LogP contribution in [0.3, 0.4) is 0 Å². The summed E-state index contributed by atoms with van der Waals surface area (Å²) >= 11 is 1.74. The van der Waals surface area contributed by atoms with Crippen LogP contribution in [-0.2, 0) is 0 Å². The summed E-state index contributed by atoms with van der Waals surface area (Å²) in [6.45, 7) is 4.13. The molecule has 3 heteroatoms. The lowest BCUT2D eigenvalue weighted by atomic mass is 9.78. The number of aryl methyl sites for hydroxylation is 1. The van der Waals surface area contributed by atoms with Gasteiger partial charge in [-0.2, -0.15) is 0 Å². The van der Waals surface area contributed by atoms with Crippen molar-refractivity contribution >= 4 is 31.6 Å². The van der Waals surface area contributed by atoms with Crippen LogP contribution in [-0.4, -0.2) is 9.97 Å². The first-order valence-corrected chi connectivity index (χ1v) is 11.1. The Morgan fingerprint density at radius 1 is 1.07 bits per heavy atom. The first kappa shape index (κ1) is 16.7. The van der Waals surface area contributed by atoms with Gasteiger partial charge in [0.1, 0.15) is 4.83 Å². The molecule has 0 amide bonds. The monoisotopic (exact) mass is 387 g/mol. The summed E-state index contributed by atoms with van der Waals surface area (Å²) in [5.74, 6) is -0.135. The Morgan fingerprint density at radius 3 is 2.79 bits per heavy atom. The topological polar surface area (TPSA) is 25.8 Å². The molecule has 0 bridgehead atoms. The Balaban J connectivity index is 1.62. The van der Waals surface area contributed by atoms with E-state index in [4.69, 9.17) is 11.3 Å². The molecule has 3 heterocycles. The number of nitrogens with zero attached hydrogens (tertiary/aromatic N) is 2. The summed E-state index contributed by atoms with van der Waals surface area (Å²) < 4.78 is 10.4. The standard InChI is InChI=1S/C25H26N2S/c1-16-11-12-21-20-9-6-10-22(24(20)28-25(21)27-16)23-15-19(13-14-26-23)17(2)18-7-4-3-5-8-18/h6,9-15,17-18H,3-5,7-8H2,1-2H3/i17D. The van der Waals surface area contributed by atoms with Crippen molar-refractivity contribution in [3.8, 4) is 11.3 Å². The molecule has 142 valence electrons. The van der Waals surface area contributed by atoms with Crippen molar-refractivity contribution in [3.05, 3.63) is 59.9 Å². The van der Waals surface area contributed by atoms with Crippen molar-refractivity contribution in [1.29, 1.82) is 0 Å². The van der Waals surface area contributed by atoms with Crippen LogP contribution < -0.4 is 0 Å². The van der Waals surface area contributed by atoms with Gasteiger partial charge < -0.3 is 0 Å². The number of aromatic nitrogens is 2. The first-order chi connectivity index (χ1) is 14.0. The van der Waals surface area contributed by atoms with Gasteiger partial charge in [-0.15, -0.1) is 11.3 Å². The number of fused-ring (bicyclic) bond motifs is 3. The van der Waals surface area contributed by atoms with Crippen LogP contribution in [0, 0.1) is 12.8 Å². The van der Waals surface area contributed by atoms with Gasteiger partial charge in [-0.3, -0.25) is 4.98 Å². The van der Waals surface area contributed by atoms with E-state index in [9.17, 15) is 0 Å². The number of benzene rings is 1. The van der Waals surface area contributed by atoms with E-state index in [1.807, 2.05) is 19.2 Å². The minimum Gasteiger partial charge on any atom is -0.256 e. The maximum absolute atomic E-state index is 9.16. The van der Waals surface area contributed by atoms with Crippen LogP contribution in [0.2, 0.25) is 0 Å². The molecule has 1 aliphatic carbocycles. The number of rotatable bonds is 3. The van der Waals surface area contributed by atoms with Crippen LogP contribution >= 0.6 is 11.3 Å². The number of thiophene rings is 1. The molecule has 1 saturated carbocycles. The Hall–Kier alpha value is -2.26. The highest BCUT2D eigenvalue weighted by Gasteiger charge is 2.22. The van der Waals surface area contributed by atoms with Crippen LogP contribution in [0.15, 0.2) is 48.7 Å². The van der Waals surface area contributed by atoms with Crippen LogP contribution in [0.25, 0.3) is 31.6 Å². The van der Waals surface area contributed by atoms with Gasteiger partial charge in [-0.25, -0.2) is 4.98 Å². The fraction of sp³-hybridized carbons (Fsp3) is 0.360. The molecule has 28 heavy (non-hydrogen) atoms. The molecule has 2 nitrogen and oxygen atoms in total. The number of pyridine rings is 2. The van der Waals surface area contributed by atoms with Crippen molar-refractivity contribution in [3.63, 3.8) is 0 Å². The zero-order valence-electron chi connectivity index (χ0n) is 17.5. The van der Waals surface area contributed by atoms with E-state index in [0.717, 1.165) is 40.2 Å². The number of hydrogen-bond acceptors (Lipinski definition) is 3. The maximum atomic E-state index is 9.16. The second-order valence-corrected chi connectivity index (χ2v) is 9.04. The lowest BCUT2D eigenvalue weighted by Crippen LogP contribution is -2.14. The minimum atomic E-state index is -0.565. The summed E-state index contributed by atoms with van der Waals surface area (Å²) in [5.41, 5.74) is 4.24. The quantitative estimate of drug-likeness (QED) is 0.363. The summed E-state index contributed by atoms with van der Waals surface area (Å²) in [7, 11) is 0.